The SMILES string of the molecule is Cc1[nH]cnc1C1COC(=O)N1. The Morgan fingerprint density at radius 2 is 2.58 bits per heavy atom. The van der Waals surface area contributed by atoms with Crippen LogP contribution < -0.4 is 5.32 Å². The largest absolute Gasteiger partial charge is 0.447 e. The van der Waals surface area contributed by atoms with Crippen LogP contribution in [0.15, 0.2) is 6.33 Å². The Morgan fingerprint density at radius 3 is 3.08 bits per heavy atom. The van der Waals surface area contributed by atoms with Gasteiger partial charge in [0, 0.05) is 5.69 Å². The number of imidazole rings is 1. The van der Waals surface area contributed by atoms with Crippen molar-refractivity contribution >= 4 is 6.09 Å². The third kappa shape index (κ3) is 1.03. The van der Waals surface area contributed by atoms with Gasteiger partial charge in [-0.1, -0.05) is 0 Å². The molecule has 0 saturated carbocycles. The second-order valence-electron chi connectivity index (χ2n) is 2.71. The first-order valence-corrected chi connectivity index (χ1v) is 3.70. The Kier molecular flexibility index (Phi) is 1.49. The number of carbonyl (C=O) groups excluding carboxylic acids is 1. The fraction of sp³-hybridized carbons (Fsp3) is 0.429. The van der Waals surface area contributed by atoms with Crippen molar-refractivity contribution in [3.8, 4) is 0 Å². The van der Waals surface area contributed by atoms with Crippen LogP contribution in [-0.4, -0.2) is 22.7 Å². The number of alkyl carbamates (subject to hydrolysis) is 1. The van der Waals surface area contributed by atoms with Gasteiger partial charge in [-0.25, -0.2) is 9.78 Å². The lowest BCUT2D eigenvalue weighted by molar-refractivity contribution is 0.177. The summed E-state index contributed by atoms with van der Waals surface area (Å²) in [6.07, 6.45) is 1.23. The number of rotatable bonds is 1. The smallest absolute Gasteiger partial charge is 0.407 e. The third-order valence-electron chi connectivity index (χ3n) is 1.87. The first-order chi connectivity index (χ1) is 5.77. The number of cyclic esters (lactones) is 1. The summed E-state index contributed by atoms with van der Waals surface area (Å²) < 4.78 is 4.74. The molecule has 1 fully saturated rings. The van der Waals surface area contributed by atoms with Crippen molar-refractivity contribution in [2.75, 3.05) is 6.61 Å². The number of aryl methyl sites for hydroxylation is 1. The molecule has 0 aliphatic carbocycles. The van der Waals surface area contributed by atoms with Gasteiger partial charge in [0.25, 0.3) is 0 Å². The molecule has 2 rings (SSSR count). The van der Waals surface area contributed by atoms with Gasteiger partial charge in [0.2, 0.25) is 0 Å². The van der Waals surface area contributed by atoms with Crippen molar-refractivity contribution in [3.63, 3.8) is 0 Å². The van der Waals surface area contributed by atoms with Crippen molar-refractivity contribution in [1.29, 1.82) is 0 Å². The first-order valence-electron chi connectivity index (χ1n) is 3.70. The Bertz CT molecular complexity index is 307. The van der Waals surface area contributed by atoms with Crippen molar-refractivity contribution in [3.05, 3.63) is 17.7 Å². The molecule has 1 aliphatic heterocycles. The van der Waals surface area contributed by atoms with Gasteiger partial charge < -0.3 is 15.0 Å². The lowest BCUT2D eigenvalue weighted by Gasteiger charge is -2.03. The average Bonchev–Trinajstić information content (AvgIpc) is 2.58. The highest BCUT2D eigenvalue weighted by Crippen LogP contribution is 2.17. The predicted molar refractivity (Wildman–Crippen MR) is 40.5 cm³/mol. The fourth-order valence-corrected chi connectivity index (χ4v) is 1.25. The molecule has 0 radical (unpaired) electrons. The van der Waals surface area contributed by atoms with Gasteiger partial charge in [0.15, 0.2) is 0 Å². The van der Waals surface area contributed by atoms with Crippen molar-refractivity contribution in [2.24, 2.45) is 0 Å². The summed E-state index contributed by atoms with van der Waals surface area (Å²) in [6, 6.07) is -0.0938. The van der Waals surface area contributed by atoms with Crippen LogP contribution in [0.25, 0.3) is 0 Å². The van der Waals surface area contributed by atoms with Gasteiger partial charge in [0.1, 0.15) is 12.6 Å². The van der Waals surface area contributed by atoms with E-state index < -0.39 is 0 Å². The number of ether oxygens (including phenoxy) is 1. The molecule has 2 heterocycles. The molecule has 0 aromatic carbocycles. The van der Waals surface area contributed by atoms with Gasteiger partial charge >= 0.3 is 6.09 Å². The Hall–Kier alpha value is -1.52. The number of aromatic nitrogens is 2. The molecule has 1 aromatic heterocycles. The van der Waals surface area contributed by atoms with E-state index in [1.165, 1.54) is 0 Å². The summed E-state index contributed by atoms with van der Waals surface area (Å²) >= 11 is 0. The molecule has 1 atom stereocenters. The standard InChI is InChI=1S/C7H9N3O2/c1-4-6(9-3-8-4)5-2-12-7(11)10-5/h3,5H,2H2,1H3,(H,8,9)(H,10,11). The lowest BCUT2D eigenvalue weighted by atomic mass is 10.2. The highest BCUT2D eigenvalue weighted by atomic mass is 16.6. The average molecular weight is 167 g/mol. The van der Waals surface area contributed by atoms with Gasteiger partial charge in [-0.3, -0.25) is 0 Å². The van der Waals surface area contributed by atoms with E-state index in [0.717, 1.165) is 11.4 Å². The number of carbonyl (C=O) groups is 1. The topological polar surface area (TPSA) is 67.0 Å². The molecule has 0 spiro atoms. The summed E-state index contributed by atoms with van der Waals surface area (Å²) in [5.74, 6) is 0. The quantitative estimate of drug-likeness (QED) is 0.640. The van der Waals surface area contributed by atoms with E-state index in [-0.39, 0.29) is 12.1 Å². The molecule has 5 heteroatoms. The summed E-state index contributed by atoms with van der Waals surface area (Å²) in [4.78, 5) is 17.7. The van der Waals surface area contributed by atoms with Gasteiger partial charge in [0.05, 0.1) is 12.0 Å². The highest BCUT2D eigenvalue weighted by Gasteiger charge is 2.26. The maximum atomic E-state index is 10.7. The molecule has 1 amide bonds. The zero-order valence-corrected chi connectivity index (χ0v) is 6.63. The minimum atomic E-state index is -0.373. The van der Waals surface area contributed by atoms with Crippen LogP contribution in [0.1, 0.15) is 17.4 Å². The van der Waals surface area contributed by atoms with Crippen LogP contribution in [-0.2, 0) is 4.74 Å². The minimum absolute atomic E-state index is 0.0938. The highest BCUT2D eigenvalue weighted by molar-refractivity contribution is 5.69. The Balaban J connectivity index is 2.21. The Labute approximate surface area is 69.1 Å². The number of H-pyrrole nitrogens is 1. The molecule has 64 valence electrons. The van der Waals surface area contributed by atoms with Crippen LogP contribution in [0.2, 0.25) is 0 Å². The molecule has 0 bridgehead atoms. The number of aromatic amines is 1. The molecule has 1 saturated heterocycles. The zero-order valence-electron chi connectivity index (χ0n) is 6.63. The predicted octanol–water partition coefficient (Wildman–Crippen LogP) is 0.499. The van der Waals surface area contributed by atoms with E-state index in [4.69, 9.17) is 4.74 Å². The van der Waals surface area contributed by atoms with Crippen LogP contribution in [0.5, 0.6) is 0 Å². The second kappa shape index (κ2) is 2.51. The van der Waals surface area contributed by atoms with E-state index in [1.807, 2.05) is 6.92 Å². The zero-order chi connectivity index (χ0) is 8.55. The summed E-state index contributed by atoms with van der Waals surface area (Å²) in [6.45, 7) is 2.28. The summed E-state index contributed by atoms with van der Waals surface area (Å²) in [5.41, 5.74) is 1.81. The third-order valence-corrected chi connectivity index (χ3v) is 1.87. The molecule has 1 unspecified atom stereocenters. The van der Waals surface area contributed by atoms with Crippen molar-refractivity contribution in [2.45, 2.75) is 13.0 Å². The molecule has 1 aromatic rings. The van der Waals surface area contributed by atoms with Crippen molar-refractivity contribution < 1.29 is 9.53 Å². The molecular weight excluding hydrogens is 158 g/mol. The number of hydrogen-bond donors (Lipinski definition) is 2. The summed E-state index contributed by atoms with van der Waals surface area (Å²) in [7, 11) is 0. The molecular formula is C7H9N3O2. The van der Waals surface area contributed by atoms with Crippen LogP contribution in [0.3, 0.4) is 0 Å². The molecule has 2 N–H and O–H groups in total. The first kappa shape index (κ1) is 7.15. The maximum absolute atomic E-state index is 10.7. The normalized spacial score (nSPS) is 22.1. The van der Waals surface area contributed by atoms with Gasteiger partial charge in [-0.15, -0.1) is 0 Å². The number of nitrogens with one attached hydrogen (secondary N) is 2. The molecule has 1 aliphatic rings. The molecule has 12 heavy (non-hydrogen) atoms. The molecule has 5 nitrogen and oxygen atoms in total. The van der Waals surface area contributed by atoms with E-state index in [1.54, 1.807) is 6.33 Å². The Morgan fingerprint density at radius 1 is 1.75 bits per heavy atom. The van der Waals surface area contributed by atoms with Gasteiger partial charge in [-0.2, -0.15) is 0 Å². The number of amides is 1. The summed E-state index contributed by atoms with van der Waals surface area (Å²) in [5, 5.41) is 2.65. The number of nitrogens with zero attached hydrogens (tertiary/aromatic N) is 1. The van der Waals surface area contributed by atoms with Crippen molar-refractivity contribution in [1.82, 2.24) is 15.3 Å². The maximum Gasteiger partial charge on any atom is 0.407 e. The number of hydrogen-bond acceptors (Lipinski definition) is 3. The monoisotopic (exact) mass is 167 g/mol. The van der Waals surface area contributed by atoms with E-state index in [0.29, 0.717) is 6.61 Å². The van der Waals surface area contributed by atoms with Gasteiger partial charge in [-0.05, 0) is 6.92 Å². The second-order valence-corrected chi connectivity index (χ2v) is 2.71. The van der Waals surface area contributed by atoms with Crippen LogP contribution >= 0.6 is 0 Å². The lowest BCUT2D eigenvalue weighted by Crippen LogP contribution is -2.19. The van der Waals surface area contributed by atoms with E-state index >= 15 is 0 Å². The fourth-order valence-electron chi connectivity index (χ4n) is 1.25. The minimum Gasteiger partial charge on any atom is -0.447 e. The van der Waals surface area contributed by atoms with Crippen LogP contribution in [0.4, 0.5) is 4.79 Å². The van der Waals surface area contributed by atoms with E-state index in [9.17, 15) is 4.79 Å². The van der Waals surface area contributed by atoms with Crippen LogP contribution in [0, 0.1) is 6.92 Å². The van der Waals surface area contributed by atoms with E-state index in [2.05, 4.69) is 15.3 Å².